The SMILES string of the molecule is Nc1nc2ccccc2c2c1nc(CCl)n2Cc1cc(-c2ccc(F)cc2)no1. The van der Waals surface area contributed by atoms with Gasteiger partial charge in [0.25, 0.3) is 0 Å². The Morgan fingerprint density at radius 3 is 2.66 bits per heavy atom. The van der Waals surface area contributed by atoms with Crippen molar-refractivity contribution in [3.8, 4) is 11.3 Å². The molecule has 0 atom stereocenters. The van der Waals surface area contributed by atoms with Gasteiger partial charge in [0, 0.05) is 17.0 Å². The second-order valence-corrected chi connectivity index (χ2v) is 6.91. The number of nitrogens with two attached hydrogens (primary N) is 1. The largest absolute Gasteiger partial charge is 0.382 e. The molecule has 2 aromatic carbocycles. The van der Waals surface area contributed by atoms with Crippen LogP contribution in [-0.2, 0) is 12.4 Å². The van der Waals surface area contributed by atoms with Gasteiger partial charge in [0.15, 0.2) is 11.6 Å². The zero-order valence-electron chi connectivity index (χ0n) is 15.1. The fourth-order valence-electron chi connectivity index (χ4n) is 3.48. The average Bonchev–Trinajstić information content (AvgIpc) is 3.34. The maximum Gasteiger partial charge on any atom is 0.157 e. The Labute approximate surface area is 169 Å². The molecule has 0 aliphatic carbocycles. The van der Waals surface area contributed by atoms with Crippen molar-refractivity contribution in [1.82, 2.24) is 19.7 Å². The van der Waals surface area contributed by atoms with Gasteiger partial charge in [0.2, 0.25) is 0 Å². The number of hydrogen-bond donors (Lipinski definition) is 1. The summed E-state index contributed by atoms with van der Waals surface area (Å²) in [5.41, 5.74) is 9.79. The van der Waals surface area contributed by atoms with Crippen LogP contribution in [-0.4, -0.2) is 19.7 Å². The molecule has 0 spiro atoms. The molecule has 0 aliphatic rings. The fourth-order valence-corrected chi connectivity index (χ4v) is 3.68. The Kier molecular flexibility index (Phi) is 4.17. The predicted octanol–water partition coefficient (Wildman–Crippen LogP) is 4.75. The van der Waals surface area contributed by atoms with E-state index in [1.807, 2.05) is 34.9 Å². The molecular formula is C21H15ClFN5O. The van der Waals surface area contributed by atoms with E-state index < -0.39 is 0 Å². The van der Waals surface area contributed by atoms with Crippen LogP contribution in [0.3, 0.4) is 0 Å². The number of alkyl halides is 1. The summed E-state index contributed by atoms with van der Waals surface area (Å²) < 4.78 is 20.7. The van der Waals surface area contributed by atoms with Crippen molar-refractivity contribution >= 4 is 39.4 Å². The van der Waals surface area contributed by atoms with Crippen LogP contribution in [0, 0.1) is 5.82 Å². The molecule has 0 amide bonds. The molecule has 0 saturated heterocycles. The van der Waals surface area contributed by atoms with Crippen molar-refractivity contribution in [2.45, 2.75) is 12.4 Å². The molecule has 144 valence electrons. The van der Waals surface area contributed by atoms with Crippen LogP contribution in [0.25, 0.3) is 33.2 Å². The molecule has 3 heterocycles. The van der Waals surface area contributed by atoms with Gasteiger partial charge in [0.05, 0.1) is 23.5 Å². The molecule has 0 bridgehead atoms. The summed E-state index contributed by atoms with van der Waals surface area (Å²) in [7, 11) is 0. The minimum atomic E-state index is -0.299. The lowest BCUT2D eigenvalue weighted by molar-refractivity contribution is 0.378. The van der Waals surface area contributed by atoms with Crippen LogP contribution in [0.4, 0.5) is 10.2 Å². The monoisotopic (exact) mass is 407 g/mol. The highest BCUT2D eigenvalue weighted by molar-refractivity contribution is 6.17. The zero-order valence-corrected chi connectivity index (χ0v) is 15.9. The second kappa shape index (κ2) is 6.86. The molecule has 0 saturated carbocycles. The van der Waals surface area contributed by atoms with E-state index in [0.717, 1.165) is 22.0 Å². The van der Waals surface area contributed by atoms with Gasteiger partial charge in [-0.3, -0.25) is 0 Å². The summed E-state index contributed by atoms with van der Waals surface area (Å²) in [6, 6.07) is 15.7. The Hall–Kier alpha value is -3.45. The topological polar surface area (TPSA) is 82.8 Å². The molecule has 3 aromatic heterocycles. The number of rotatable bonds is 4. The van der Waals surface area contributed by atoms with Gasteiger partial charge in [0.1, 0.15) is 22.9 Å². The molecule has 8 heteroatoms. The number of para-hydroxylation sites is 1. The van der Waals surface area contributed by atoms with Crippen LogP contribution in [0.1, 0.15) is 11.6 Å². The number of hydrogen-bond acceptors (Lipinski definition) is 5. The van der Waals surface area contributed by atoms with Gasteiger partial charge in [-0.05, 0) is 30.3 Å². The summed E-state index contributed by atoms with van der Waals surface area (Å²) >= 11 is 6.16. The number of halogens is 2. The summed E-state index contributed by atoms with van der Waals surface area (Å²) in [5.74, 6) is 1.54. The molecule has 5 rings (SSSR count). The summed E-state index contributed by atoms with van der Waals surface area (Å²) in [6.07, 6.45) is 0. The van der Waals surface area contributed by atoms with Crippen molar-refractivity contribution in [2.75, 3.05) is 5.73 Å². The molecule has 29 heavy (non-hydrogen) atoms. The molecule has 2 N–H and O–H groups in total. The predicted molar refractivity (Wildman–Crippen MR) is 110 cm³/mol. The Balaban J connectivity index is 1.63. The Morgan fingerprint density at radius 2 is 1.86 bits per heavy atom. The summed E-state index contributed by atoms with van der Waals surface area (Å²) in [5, 5.41) is 5.04. The maximum absolute atomic E-state index is 13.2. The summed E-state index contributed by atoms with van der Waals surface area (Å²) in [6.45, 7) is 0.375. The van der Waals surface area contributed by atoms with E-state index >= 15 is 0 Å². The number of benzene rings is 2. The van der Waals surface area contributed by atoms with Crippen LogP contribution in [0.15, 0.2) is 59.1 Å². The van der Waals surface area contributed by atoms with Crippen LogP contribution in [0.5, 0.6) is 0 Å². The first-order valence-corrected chi connectivity index (χ1v) is 9.48. The first-order chi connectivity index (χ1) is 14.1. The van der Waals surface area contributed by atoms with Crippen molar-refractivity contribution < 1.29 is 8.91 Å². The van der Waals surface area contributed by atoms with E-state index in [1.54, 1.807) is 12.1 Å². The van der Waals surface area contributed by atoms with Crippen LogP contribution >= 0.6 is 11.6 Å². The van der Waals surface area contributed by atoms with Crippen molar-refractivity contribution in [2.24, 2.45) is 0 Å². The van der Waals surface area contributed by atoms with E-state index in [2.05, 4.69) is 15.1 Å². The average molecular weight is 408 g/mol. The highest BCUT2D eigenvalue weighted by Crippen LogP contribution is 2.30. The van der Waals surface area contributed by atoms with Gasteiger partial charge < -0.3 is 14.8 Å². The van der Waals surface area contributed by atoms with E-state index in [4.69, 9.17) is 21.9 Å². The lowest BCUT2D eigenvalue weighted by Crippen LogP contribution is -2.03. The lowest BCUT2D eigenvalue weighted by Gasteiger charge is -2.08. The Morgan fingerprint density at radius 1 is 1.07 bits per heavy atom. The second-order valence-electron chi connectivity index (χ2n) is 6.64. The normalized spacial score (nSPS) is 11.5. The van der Waals surface area contributed by atoms with E-state index in [0.29, 0.717) is 35.2 Å². The molecule has 0 unspecified atom stereocenters. The maximum atomic E-state index is 13.2. The first-order valence-electron chi connectivity index (χ1n) is 8.95. The van der Waals surface area contributed by atoms with Gasteiger partial charge >= 0.3 is 0 Å². The Bertz CT molecular complexity index is 1340. The number of aromatic nitrogens is 4. The third-order valence-electron chi connectivity index (χ3n) is 4.82. The van der Waals surface area contributed by atoms with Gasteiger partial charge in [-0.25, -0.2) is 14.4 Å². The van der Waals surface area contributed by atoms with E-state index in [1.165, 1.54) is 12.1 Å². The van der Waals surface area contributed by atoms with Crippen molar-refractivity contribution in [3.05, 3.63) is 72.0 Å². The quantitative estimate of drug-likeness (QED) is 0.435. The van der Waals surface area contributed by atoms with E-state index in [9.17, 15) is 4.39 Å². The van der Waals surface area contributed by atoms with Gasteiger partial charge in [-0.2, -0.15) is 0 Å². The minimum absolute atomic E-state index is 0.210. The molecule has 0 fully saturated rings. The highest BCUT2D eigenvalue weighted by Gasteiger charge is 2.18. The third kappa shape index (κ3) is 3.00. The molecular weight excluding hydrogens is 393 g/mol. The van der Waals surface area contributed by atoms with Gasteiger partial charge in [-0.15, -0.1) is 11.6 Å². The van der Waals surface area contributed by atoms with Crippen molar-refractivity contribution in [3.63, 3.8) is 0 Å². The molecule has 0 aliphatic heterocycles. The zero-order chi connectivity index (χ0) is 20.0. The van der Waals surface area contributed by atoms with Gasteiger partial charge in [-0.1, -0.05) is 23.4 Å². The molecule has 6 nitrogen and oxygen atoms in total. The van der Waals surface area contributed by atoms with Crippen LogP contribution < -0.4 is 5.73 Å². The number of imidazole rings is 1. The lowest BCUT2D eigenvalue weighted by atomic mass is 10.1. The standard InChI is InChI=1S/C21H15ClFN5O/c22-10-18-26-19-20(15-3-1-2-4-16(15)25-21(19)24)28(18)11-14-9-17(27-29-14)12-5-7-13(23)8-6-12/h1-9H,10-11H2,(H2,24,25). The fraction of sp³-hybridized carbons (Fsp3) is 0.0952. The van der Waals surface area contributed by atoms with Crippen LogP contribution in [0.2, 0.25) is 0 Å². The first kappa shape index (κ1) is 17.6. The number of anilines is 1. The smallest absolute Gasteiger partial charge is 0.157 e. The number of nitrogen functional groups attached to an aromatic ring is 1. The van der Waals surface area contributed by atoms with Crippen molar-refractivity contribution in [1.29, 1.82) is 0 Å². The summed E-state index contributed by atoms with van der Waals surface area (Å²) in [4.78, 5) is 9.03. The third-order valence-corrected chi connectivity index (χ3v) is 5.06. The number of fused-ring (bicyclic) bond motifs is 3. The highest BCUT2D eigenvalue weighted by atomic mass is 35.5. The number of pyridine rings is 1. The molecule has 0 radical (unpaired) electrons. The molecule has 5 aromatic rings. The minimum Gasteiger partial charge on any atom is -0.382 e. The van der Waals surface area contributed by atoms with E-state index in [-0.39, 0.29) is 11.7 Å². The number of nitrogens with zero attached hydrogens (tertiary/aromatic N) is 4.